The maximum Gasteiger partial charge on any atom is 0.0704 e. The zero-order valence-electron chi connectivity index (χ0n) is 7.85. The minimum Gasteiger partial charge on any atom is -0.327 e. The fourth-order valence-corrected chi connectivity index (χ4v) is 1.91. The maximum absolute atomic E-state index is 5.82. The van der Waals surface area contributed by atoms with E-state index in [1.807, 2.05) is 12.3 Å². The number of aromatic nitrogens is 1. The van der Waals surface area contributed by atoms with Crippen LogP contribution in [0.3, 0.4) is 0 Å². The van der Waals surface area contributed by atoms with E-state index in [1.165, 1.54) is 10.9 Å². The van der Waals surface area contributed by atoms with Gasteiger partial charge >= 0.3 is 0 Å². The molecule has 1 aliphatic carbocycles. The smallest absolute Gasteiger partial charge is 0.0704 e. The highest BCUT2D eigenvalue weighted by molar-refractivity contribution is 5.79. The fourth-order valence-electron chi connectivity index (χ4n) is 1.91. The van der Waals surface area contributed by atoms with E-state index in [4.69, 9.17) is 5.73 Å². The van der Waals surface area contributed by atoms with Crippen molar-refractivity contribution in [3.8, 4) is 0 Å². The van der Waals surface area contributed by atoms with Gasteiger partial charge in [0.2, 0.25) is 0 Å². The summed E-state index contributed by atoms with van der Waals surface area (Å²) in [5.74, 6) is 0.571. The molecule has 0 bridgehead atoms. The highest BCUT2D eigenvalue weighted by atomic mass is 14.7. The number of rotatable bonds is 1. The molecule has 1 aromatic carbocycles. The van der Waals surface area contributed by atoms with Gasteiger partial charge in [-0.05, 0) is 24.1 Å². The Morgan fingerprint density at radius 1 is 1.29 bits per heavy atom. The van der Waals surface area contributed by atoms with E-state index in [-0.39, 0.29) is 0 Å². The van der Waals surface area contributed by atoms with Gasteiger partial charge in [-0.15, -0.1) is 0 Å². The lowest BCUT2D eigenvalue weighted by Crippen LogP contribution is -2.00. The van der Waals surface area contributed by atoms with Gasteiger partial charge in [-0.25, -0.2) is 0 Å². The molecular formula is C12H12N2. The van der Waals surface area contributed by atoms with E-state index >= 15 is 0 Å². The summed E-state index contributed by atoms with van der Waals surface area (Å²) >= 11 is 0. The normalized spacial score (nSPS) is 25.2. The standard InChI is InChI=1S/C12H12N2/c13-11-7-10(11)9-4-3-8-2-1-5-14-12(8)6-9/h1-6,10-11H,7,13H2/t10-,11+/m0/s1. The summed E-state index contributed by atoms with van der Waals surface area (Å²) in [6.45, 7) is 0. The van der Waals surface area contributed by atoms with Gasteiger partial charge in [-0.1, -0.05) is 18.2 Å². The van der Waals surface area contributed by atoms with E-state index in [2.05, 4.69) is 29.2 Å². The van der Waals surface area contributed by atoms with Gasteiger partial charge in [0.15, 0.2) is 0 Å². The Morgan fingerprint density at radius 2 is 2.14 bits per heavy atom. The third kappa shape index (κ3) is 1.19. The fraction of sp³-hybridized carbons (Fsp3) is 0.250. The van der Waals surface area contributed by atoms with E-state index < -0.39 is 0 Å². The van der Waals surface area contributed by atoms with Gasteiger partial charge < -0.3 is 5.73 Å². The van der Waals surface area contributed by atoms with Crippen LogP contribution in [0.25, 0.3) is 10.9 Å². The lowest BCUT2D eigenvalue weighted by Gasteiger charge is -2.00. The molecule has 0 saturated heterocycles. The molecule has 0 unspecified atom stereocenters. The second kappa shape index (κ2) is 2.79. The number of hydrogen-bond donors (Lipinski definition) is 1. The van der Waals surface area contributed by atoms with Crippen molar-refractivity contribution < 1.29 is 0 Å². The van der Waals surface area contributed by atoms with Crippen LogP contribution in [0, 0.1) is 0 Å². The molecule has 2 N–H and O–H groups in total. The molecule has 1 heterocycles. The summed E-state index contributed by atoms with van der Waals surface area (Å²) in [6.07, 6.45) is 2.96. The third-order valence-electron chi connectivity index (χ3n) is 2.90. The summed E-state index contributed by atoms with van der Waals surface area (Å²) in [7, 11) is 0. The predicted molar refractivity (Wildman–Crippen MR) is 57.1 cm³/mol. The second-order valence-corrected chi connectivity index (χ2v) is 3.96. The molecule has 1 aromatic heterocycles. The van der Waals surface area contributed by atoms with E-state index in [1.54, 1.807) is 0 Å². The number of hydrogen-bond acceptors (Lipinski definition) is 2. The quantitative estimate of drug-likeness (QED) is 0.736. The van der Waals surface area contributed by atoms with Gasteiger partial charge in [-0.3, -0.25) is 4.98 Å². The molecule has 3 rings (SSSR count). The Bertz CT molecular complexity index is 478. The lowest BCUT2D eigenvalue weighted by atomic mass is 10.1. The highest BCUT2D eigenvalue weighted by Gasteiger charge is 2.34. The largest absolute Gasteiger partial charge is 0.327 e. The van der Waals surface area contributed by atoms with Crippen LogP contribution in [0.4, 0.5) is 0 Å². The molecule has 1 saturated carbocycles. The predicted octanol–water partition coefficient (Wildman–Crippen LogP) is 2.05. The number of fused-ring (bicyclic) bond motifs is 1. The first-order valence-corrected chi connectivity index (χ1v) is 4.95. The molecule has 2 nitrogen and oxygen atoms in total. The van der Waals surface area contributed by atoms with Crippen molar-refractivity contribution in [3.05, 3.63) is 42.1 Å². The van der Waals surface area contributed by atoms with Crippen LogP contribution >= 0.6 is 0 Å². The molecule has 1 aliphatic rings. The summed E-state index contributed by atoms with van der Waals surface area (Å²) in [5, 5.41) is 1.20. The van der Waals surface area contributed by atoms with Crippen LogP contribution in [0.15, 0.2) is 36.5 Å². The molecular weight excluding hydrogens is 172 g/mol. The number of pyridine rings is 1. The van der Waals surface area contributed by atoms with Gasteiger partial charge in [-0.2, -0.15) is 0 Å². The first kappa shape index (κ1) is 7.94. The molecule has 2 heteroatoms. The lowest BCUT2D eigenvalue weighted by molar-refractivity contribution is 0.992. The summed E-state index contributed by atoms with van der Waals surface area (Å²) in [5.41, 5.74) is 8.23. The Balaban J connectivity index is 2.11. The van der Waals surface area contributed by atoms with Crippen molar-refractivity contribution >= 4 is 10.9 Å². The second-order valence-electron chi connectivity index (χ2n) is 3.96. The molecule has 70 valence electrons. The van der Waals surface area contributed by atoms with Crippen molar-refractivity contribution in [2.75, 3.05) is 0 Å². The Labute approximate surface area is 82.8 Å². The summed E-state index contributed by atoms with van der Waals surface area (Å²) in [4.78, 5) is 4.34. The molecule has 14 heavy (non-hydrogen) atoms. The number of nitrogens with zero attached hydrogens (tertiary/aromatic N) is 1. The monoisotopic (exact) mass is 184 g/mol. The minimum atomic E-state index is 0.371. The van der Waals surface area contributed by atoms with E-state index in [0.717, 1.165) is 11.9 Å². The minimum absolute atomic E-state index is 0.371. The van der Waals surface area contributed by atoms with Crippen LogP contribution in [0.2, 0.25) is 0 Å². The average Bonchev–Trinajstić information content (AvgIpc) is 2.95. The average molecular weight is 184 g/mol. The zero-order valence-corrected chi connectivity index (χ0v) is 7.85. The van der Waals surface area contributed by atoms with Gasteiger partial charge in [0.25, 0.3) is 0 Å². The highest BCUT2D eigenvalue weighted by Crippen LogP contribution is 2.39. The van der Waals surface area contributed by atoms with Gasteiger partial charge in [0, 0.05) is 23.5 Å². The molecule has 0 aliphatic heterocycles. The molecule has 0 radical (unpaired) electrons. The number of benzene rings is 1. The SMILES string of the molecule is N[C@@H]1C[C@H]1c1ccc2cccnc2c1. The Hall–Kier alpha value is -1.41. The van der Waals surface area contributed by atoms with Crippen molar-refractivity contribution in [1.82, 2.24) is 4.98 Å². The van der Waals surface area contributed by atoms with Crippen molar-refractivity contribution in [3.63, 3.8) is 0 Å². The van der Waals surface area contributed by atoms with Crippen molar-refractivity contribution in [2.24, 2.45) is 5.73 Å². The number of nitrogens with two attached hydrogens (primary N) is 1. The van der Waals surface area contributed by atoms with Crippen LogP contribution in [0.5, 0.6) is 0 Å². The van der Waals surface area contributed by atoms with Crippen LogP contribution in [-0.4, -0.2) is 11.0 Å². The zero-order chi connectivity index (χ0) is 9.54. The van der Waals surface area contributed by atoms with E-state index in [0.29, 0.717) is 12.0 Å². The molecule has 2 aromatic rings. The van der Waals surface area contributed by atoms with Gasteiger partial charge in [0.05, 0.1) is 5.52 Å². The van der Waals surface area contributed by atoms with Gasteiger partial charge in [0.1, 0.15) is 0 Å². The van der Waals surface area contributed by atoms with Crippen LogP contribution in [0.1, 0.15) is 17.9 Å². The van der Waals surface area contributed by atoms with Crippen LogP contribution < -0.4 is 5.73 Å². The summed E-state index contributed by atoms with van der Waals surface area (Å²) < 4.78 is 0. The summed E-state index contributed by atoms with van der Waals surface area (Å²) in [6, 6.07) is 10.9. The third-order valence-corrected chi connectivity index (χ3v) is 2.90. The van der Waals surface area contributed by atoms with Crippen molar-refractivity contribution in [2.45, 2.75) is 18.4 Å². The van der Waals surface area contributed by atoms with Crippen molar-refractivity contribution in [1.29, 1.82) is 0 Å². The Morgan fingerprint density at radius 3 is 2.93 bits per heavy atom. The molecule has 2 atom stereocenters. The topological polar surface area (TPSA) is 38.9 Å². The first-order chi connectivity index (χ1) is 6.84. The Kier molecular flexibility index (Phi) is 1.58. The maximum atomic E-state index is 5.82. The molecule has 0 spiro atoms. The van der Waals surface area contributed by atoms with Crippen LogP contribution in [-0.2, 0) is 0 Å². The first-order valence-electron chi connectivity index (χ1n) is 4.95. The molecule has 1 fully saturated rings. The molecule has 0 amide bonds. The van der Waals surface area contributed by atoms with E-state index in [9.17, 15) is 0 Å².